The lowest BCUT2D eigenvalue weighted by molar-refractivity contribution is -0.135. The Morgan fingerprint density at radius 3 is 2.55 bits per heavy atom. The third kappa shape index (κ3) is 6.22. The second-order valence-electron chi connectivity index (χ2n) is 4.68. The Bertz CT molecular complexity index is 420. The largest absolute Gasteiger partial charge is 0.389 e. The predicted molar refractivity (Wildman–Crippen MR) is 75.0 cm³/mol. The van der Waals surface area contributed by atoms with Crippen LogP contribution in [0.3, 0.4) is 0 Å². The van der Waals surface area contributed by atoms with Crippen LogP contribution in [0, 0.1) is 5.82 Å². The van der Waals surface area contributed by atoms with E-state index in [2.05, 4.69) is 21.2 Å². The second-order valence-corrected chi connectivity index (χ2v) is 5.53. The number of benzene rings is 1. The van der Waals surface area contributed by atoms with Crippen molar-refractivity contribution in [3.63, 3.8) is 0 Å². The maximum Gasteiger partial charge on any atom is 0.389 e. The molecular formula is C14H18BrF4N. The zero-order valence-electron chi connectivity index (χ0n) is 11.2. The van der Waals surface area contributed by atoms with Gasteiger partial charge in [0.05, 0.1) is 0 Å². The highest BCUT2D eigenvalue weighted by atomic mass is 79.9. The fourth-order valence-electron chi connectivity index (χ4n) is 1.98. The van der Waals surface area contributed by atoms with Crippen molar-refractivity contribution in [2.24, 2.45) is 0 Å². The van der Waals surface area contributed by atoms with E-state index in [1.54, 1.807) is 6.07 Å². The number of nitrogens with one attached hydrogen (secondary N) is 1. The third-order valence-electron chi connectivity index (χ3n) is 2.93. The van der Waals surface area contributed by atoms with Crippen LogP contribution in [0.5, 0.6) is 0 Å². The minimum atomic E-state index is -4.13. The van der Waals surface area contributed by atoms with Gasteiger partial charge in [0.25, 0.3) is 0 Å². The summed E-state index contributed by atoms with van der Waals surface area (Å²) >= 11 is 3.27. The standard InChI is InChI=1S/C14H18BrF4N/c1-2-8-20-13(4-3-7-14(17,18)19)11-6-5-10(16)9-12(11)15/h5-6,9,13,20H,2-4,7-8H2,1H3. The quantitative estimate of drug-likeness (QED) is 0.649. The van der Waals surface area contributed by atoms with Crippen molar-refractivity contribution in [1.82, 2.24) is 5.32 Å². The van der Waals surface area contributed by atoms with Crippen molar-refractivity contribution >= 4 is 15.9 Å². The van der Waals surface area contributed by atoms with Gasteiger partial charge in [-0.25, -0.2) is 4.39 Å². The second kappa shape index (κ2) is 7.98. The molecule has 114 valence electrons. The normalized spacial score (nSPS) is 13.5. The molecule has 0 fully saturated rings. The summed E-state index contributed by atoms with van der Waals surface area (Å²) in [5, 5.41) is 3.21. The minimum absolute atomic E-state index is 0.0503. The lowest BCUT2D eigenvalue weighted by atomic mass is 10.0. The van der Waals surface area contributed by atoms with Crippen LogP contribution in [0.1, 0.15) is 44.2 Å². The van der Waals surface area contributed by atoms with E-state index in [1.807, 2.05) is 6.92 Å². The molecule has 0 aliphatic carbocycles. The molecule has 1 aromatic carbocycles. The van der Waals surface area contributed by atoms with Gasteiger partial charge in [-0.3, -0.25) is 0 Å². The summed E-state index contributed by atoms with van der Waals surface area (Å²) in [4.78, 5) is 0. The molecule has 0 aliphatic heterocycles. The molecule has 0 bridgehead atoms. The van der Waals surface area contributed by atoms with Gasteiger partial charge in [-0.1, -0.05) is 28.9 Å². The van der Waals surface area contributed by atoms with Crippen molar-refractivity contribution in [2.75, 3.05) is 6.54 Å². The lowest BCUT2D eigenvalue weighted by Gasteiger charge is -2.20. The molecule has 6 heteroatoms. The monoisotopic (exact) mass is 355 g/mol. The fourth-order valence-corrected chi connectivity index (χ4v) is 2.60. The first-order valence-electron chi connectivity index (χ1n) is 6.58. The summed E-state index contributed by atoms with van der Waals surface area (Å²) in [6.07, 6.45) is -3.63. The van der Waals surface area contributed by atoms with E-state index in [0.717, 1.165) is 12.0 Å². The third-order valence-corrected chi connectivity index (χ3v) is 3.62. The molecule has 1 atom stereocenters. The Hall–Kier alpha value is -0.620. The van der Waals surface area contributed by atoms with Crippen LogP contribution >= 0.6 is 15.9 Å². The van der Waals surface area contributed by atoms with Gasteiger partial charge in [0.1, 0.15) is 5.82 Å². The molecule has 1 rings (SSSR count). The molecule has 0 radical (unpaired) electrons. The molecule has 1 aromatic rings. The van der Waals surface area contributed by atoms with Crippen LogP contribution in [0.25, 0.3) is 0 Å². The van der Waals surface area contributed by atoms with Gasteiger partial charge in [-0.2, -0.15) is 13.2 Å². The molecule has 0 saturated carbocycles. The molecule has 0 amide bonds. The van der Waals surface area contributed by atoms with E-state index in [0.29, 0.717) is 17.4 Å². The molecule has 1 N–H and O–H groups in total. The van der Waals surface area contributed by atoms with E-state index >= 15 is 0 Å². The number of hydrogen-bond acceptors (Lipinski definition) is 1. The summed E-state index contributed by atoms with van der Waals surface area (Å²) in [7, 11) is 0. The molecule has 0 heterocycles. The van der Waals surface area contributed by atoms with Gasteiger partial charge in [0, 0.05) is 16.9 Å². The molecule has 20 heavy (non-hydrogen) atoms. The highest BCUT2D eigenvalue weighted by molar-refractivity contribution is 9.10. The van der Waals surface area contributed by atoms with Crippen molar-refractivity contribution in [3.8, 4) is 0 Å². The Morgan fingerprint density at radius 1 is 1.30 bits per heavy atom. The van der Waals surface area contributed by atoms with Crippen LogP contribution in [-0.4, -0.2) is 12.7 Å². The molecule has 0 aliphatic rings. The SMILES string of the molecule is CCCNC(CCCC(F)(F)F)c1ccc(F)cc1Br. The van der Waals surface area contributed by atoms with Crippen LogP contribution in [-0.2, 0) is 0 Å². The van der Waals surface area contributed by atoms with Gasteiger partial charge in [-0.15, -0.1) is 0 Å². The van der Waals surface area contributed by atoms with Crippen LogP contribution in [0.4, 0.5) is 17.6 Å². The zero-order valence-corrected chi connectivity index (χ0v) is 12.8. The van der Waals surface area contributed by atoms with Crippen molar-refractivity contribution in [2.45, 2.75) is 44.8 Å². The Morgan fingerprint density at radius 2 is 2.00 bits per heavy atom. The van der Waals surface area contributed by atoms with Crippen LogP contribution in [0.2, 0.25) is 0 Å². The molecular weight excluding hydrogens is 338 g/mol. The summed E-state index contributed by atoms with van der Waals surface area (Å²) < 4.78 is 50.3. The first-order valence-corrected chi connectivity index (χ1v) is 7.38. The number of halogens is 5. The number of hydrogen-bond donors (Lipinski definition) is 1. The van der Waals surface area contributed by atoms with E-state index in [-0.39, 0.29) is 18.3 Å². The smallest absolute Gasteiger partial charge is 0.310 e. The molecule has 1 unspecified atom stereocenters. The topological polar surface area (TPSA) is 12.0 Å². The van der Waals surface area contributed by atoms with E-state index < -0.39 is 12.6 Å². The van der Waals surface area contributed by atoms with Crippen molar-refractivity contribution in [1.29, 1.82) is 0 Å². The minimum Gasteiger partial charge on any atom is -0.310 e. The first kappa shape index (κ1) is 17.4. The van der Waals surface area contributed by atoms with Crippen LogP contribution < -0.4 is 5.32 Å². The molecule has 0 spiro atoms. The highest BCUT2D eigenvalue weighted by Crippen LogP contribution is 2.30. The zero-order chi connectivity index (χ0) is 15.2. The van der Waals surface area contributed by atoms with E-state index in [4.69, 9.17) is 0 Å². The van der Waals surface area contributed by atoms with Crippen molar-refractivity contribution < 1.29 is 17.6 Å². The highest BCUT2D eigenvalue weighted by Gasteiger charge is 2.27. The Labute approximate surface area is 124 Å². The first-order chi connectivity index (χ1) is 9.33. The van der Waals surface area contributed by atoms with E-state index in [9.17, 15) is 17.6 Å². The predicted octanol–water partition coefficient (Wildman–Crippen LogP) is 5.36. The maximum absolute atomic E-state index is 13.1. The number of alkyl halides is 3. The van der Waals surface area contributed by atoms with Crippen LogP contribution in [0.15, 0.2) is 22.7 Å². The van der Waals surface area contributed by atoms with E-state index in [1.165, 1.54) is 12.1 Å². The Kier molecular flexibility index (Phi) is 6.95. The molecule has 0 saturated heterocycles. The fraction of sp³-hybridized carbons (Fsp3) is 0.571. The summed E-state index contributed by atoms with van der Waals surface area (Å²) in [6, 6.07) is 4.07. The molecule has 0 aromatic heterocycles. The summed E-state index contributed by atoms with van der Waals surface area (Å²) in [6.45, 7) is 2.69. The van der Waals surface area contributed by atoms with Gasteiger partial charge < -0.3 is 5.32 Å². The summed E-state index contributed by atoms with van der Waals surface area (Å²) in [5.74, 6) is -0.370. The Balaban J connectivity index is 2.72. The van der Waals surface area contributed by atoms with Gasteiger partial charge in [-0.05, 0) is 43.5 Å². The number of rotatable bonds is 7. The van der Waals surface area contributed by atoms with Gasteiger partial charge in [0.2, 0.25) is 0 Å². The van der Waals surface area contributed by atoms with Crippen molar-refractivity contribution in [3.05, 3.63) is 34.1 Å². The van der Waals surface area contributed by atoms with Gasteiger partial charge >= 0.3 is 6.18 Å². The van der Waals surface area contributed by atoms with Gasteiger partial charge in [0.15, 0.2) is 0 Å². The maximum atomic E-state index is 13.1. The average Bonchev–Trinajstić information content (AvgIpc) is 2.33. The average molecular weight is 356 g/mol. The summed E-state index contributed by atoms with van der Waals surface area (Å²) in [5.41, 5.74) is 0.794. The molecule has 1 nitrogen and oxygen atoms in total. The lowest BCUT2D eigenvalue weighted by Crippen LogP contribution is -2.23.